The van der Waals surface area contributed by atoms with Crippen molar-refractivity contribution in [1.29, 1.82) is 0 Å². The Bertz CT molecular complexity index is 710. The van der Waals surface area contributed by atoms with E-state index in [-0.39, 0.29) is 27.9 Å². The number of amidine groups is 1. The van der Waals surface area contributed by atoms with Crippen LogP contribution in [0.2, 0.25) is 0 Å². The smallest absolute Gasteiger partial charge is 0.182 e. The van der Waals surface area contributed by atoms with Crippen molar-refractivity contribution in [1.82, 2.24) is 4.90 Å². The largest absolute Gasteiger partial charge is 0.347 e. The molecule has 28 heavy (non-hydrogen) atoms. The van der Waals surface area contributed by atoms with Gasteiger partial charge in [-0.15, -0.1) is 0 Å². The minimum absolute atomic E-state index is 0.0104. The van der Waals surface area contributed by atoms with Gasteiger partial charge in [0.15, 0.2) is 6.17 Å². The van der Waals surface area contributed by atoms with Crippen molar-refractivity contribution in [2.24, 2.45) is 31.2 Å². The second-order valence-electron chi connectivity index (χ2n) is 12.6. The number of allylic oxidation sites excluding steroid dienone is 1. The highest BCUT2D eigenvalue weighted by Gasteiger charge is 2.41. The Morgan fingerprint density at radius 3 is 1.82 bits per heavy atom. The maximum Gasteiger partial charge on any atom is 0.182 e. The lowest BCUT2D eigenvalue weighted by Gasteiger charge is -2.50. The van der Waals surface area contributed by atoms with E-state index in [4.69, 9.17) is 9.98 Å². The maximum absolute atomic E-state index is 5.17. The highest BCUT2D eigenvalue weighted by molar-refractivity contribution is 6.30. The van der Waals surface area contributed by atoms with E-state index in [2.05, 4.69) is 93.0 Å². The molecule has 2 aliphatic heterocycles. The summed E-state index contributed by atoms with van der Waals surface area (Å²) < 4.78 is 0. The van der Waals surface area contributed by atoms with E-state index in [1.807, 2.05) is 12.4 Å². The Hall–Kier alpha value is -1.45. The van der Waals surface area contributed by atoms with Gasteiger partial charge in [0.05, 0.1) is 11.9 Å². The molecule has 2 heterocycles. The van der Waals surface area contributed by atoms with E-state index in [1.165, 1.54) is 5.57 Å². The topological polar surface area (TPSA) is 40.3 Å². The van der Waals surface area contributed by atoms with E-state index >= 15 is 0 Å². The third-order valence-electron chi connectivity index (χ3n) is 5.33. The molecule has 0 saturated carbocycles. The van der Waals surface area contributed by atoms with Crippen molar-refractivity contribution in [3.8, 4) is 0 Å². The molecule has 0 radical (unpaired) electrons. The number of hydrogen-bond donors (Lipinski definition) is 0. The van der Waals surface area contributed by atoms with Crippen molar-refractivity contribution in [2.75, 3.05) is 0 Å². The van der Waals surface area contributed by atoms with E-state index in [1.54, 1.807) is 0 Å². The number of rotatable bonds is 2. The molecule has 0 aromatic rings. The van der Waals surface area contributed by atoms with Crippen LogP contribution in [0.1, 0.15) is 89.5 Å². The summed E-state index contributed by atoms with van der Waals surface area (Å²) in [6, 6.07) is 0.343. The fraction of sp³-hybridized carbons (Fsp3) is 0.792. The summed E-state index contributed by atoms with van der Waals surface area (Å²) in [6.45, 7) is 27.5. The van der Waals surface area contributed by atoms with Crippen LogP contribution in [0.5, 0.6) is 0 Å². The zero-order chi connectivity index (χ0) is 21.7. The van der Waals surface area contributed by atoms with E-state index in [0.29, 0.717) is 6.04 Å². The molecule has 0 aliphatic carbocycles. The first-order chi connectivity index (χ1) is 12.4. The lowest BCUT2D eigenvalue weighted by atomic mass is 9.74. The number of fused-ring (bicyclic) bond motifs is 1. The highest BCUT2D eigenvalue weighted by atomic mass is 15.3. The van der Waals surface area contributed by atoms with Crippen molar-refractivity contribution >= 4 is 18.3 Å². The Morgan fingerprint density at radius 1 is 0.857 bits per heavy atom. The molecular formula is C24H42N4. The molecule has 2 rings (SSSR count). The Balaban J connectivity index is 2.59. The van der Waals surface area contributed by atoms with E-state index < -0.39 is 0 Å². The Morgan fingerprint density at radius 2 is 1.39 bits per heavy atom. The van der Waals surface area contributed by atoms with Gasteiger partial charge in [-0.3, -0.25) is 9.98 Å². The standard InChI is InChI=1S/C24H42N4/c1-21(2,3)13-17(23(7,8)9)28(24(10,11)12)18-15-26-20-19(27-18)16(14-25-20)22(4,5)6/h14-15,17,20H,13H2,1-12H3. The molecule has 4 nitrogen and oxygen atoms in total. The van der Waals surface area contributed by atoms with Crippen LogP contribution in [0.15, 0.2) is 26.2 Å². The summed E-state index contributed by atoms with van der Waals surface area (Å²) >= 11 is 0. The lowest BCUT2D eigenvalue weighted by Crippen LogP contribution is -2.58. The van der Waals surface area contributed by atoms with Gasteiger partial charge >= 0.3 is 0 Å². The van der Waals surface area contributed by atoms with Crippen LogP contribution >= 0.6 is 0 Å². The van der Waals surface area contributed by atoms with Gasteiger partial charge in [-0.2, -0.15) is 0 Å². The van der Waals surface area contributed by atoms with Gasteiger partial charge < -0.3 is 4.90 Å². The van der Waals surface area contributed by atoms with Crippen LogP contribution in [0.3, 0.4) is 0 Å². The molecule has 2 unspecified atom stereocenters. The average Bonchev–Trinajstić information content (AvgIpc) is 2.85. The summed E-state index contributed by atoms with van der Waals surface area (Å²) in [6.07, 6.45) is 4.84. The quantitative estimate of drug-likeness (QED) is 0.562. The molecule has 0 amide bonds. The molecular weight excluding hydrogens is 344 g/mol. The fourth-order valence-corrected chi connectivity index (χ4v) is 3.97. The summed E-state index contributed by atoms with van der Waals surface area (Å²) in [4.78, 5) is 17.0. The van der Waals surface area contributed by atoms with Gasteiger partial charge in [0.1, 0.15) is 5.84 Å². The number of aliphatic imine (C=N–C) groups is 3. The molecule has 0 saturated heterocycles. The van der Waals surface area contributed by atoms with Gasteiger partial charge in [-0.05, 0) is 43.4 Å². The second-order valence-corrected chi connectivity index (χ2v) is 12.6. The maximum atomic E-state index is 5.17. The van der Waals surface area contributed by atoms with Crippen LogP contribution in [-0.2, 0) is 0 Å². The third kappa shape index (κ3) is 5.12. The normalized spacial score (nSPS) is 21.7. The number of nitrogens with zero attached hydrogens (tertiary/aromatic N) is 4. The molecule has 4 heteroatoms. The van der Waals surface area contributed by atoms with Crippen LogP contribution in [-0.4, -0.2) is 40.9 Å². The number of hydrogen-bond acceptors (Lipinski definition) is 4. The van der Waals surface area contributed by atoms with Gasteiger partial charge in [-0.25, -0.2) is 4.99 Å². The third-order valence-corrected chi connectivity index (χ3v) is 5.33. The van der Waals surface area contributed by atoms with Crippen molar-refractivity contribution in [3.05, 3.63) is 11.3 Å². The van der Waals surface area contributed by atoms with Crippen molar-refractivity contribution in [3.63, 3.8) is 0 Å². The van der Waals surface area contributed by atoms with Gasteiger partial charge in [0.25, 0.3) is 0 Å². The summed E-state index contributed by atoms with van der Waals surface area (Å²) in [5, 5.41) is 0. The summed E-state index contributed by atoms with van der Waals surface area (Å²) in [7, 11) is 0. The zero-order valence-electron chi connectivity index (χ0n) is 20.3. The average molecular weight is 387 g/mol. The lowest BCUT2D eigenvalue weighted by molar-refractivity contribution is 0.0617. The van der Waals surface area contributed by atoms with Gasteiger partial charge in [0, 0.05) is 23.4 Å². The molecule has 2 atom stereocenters. The predicted octanol–water partition coefficient (Wildman–Crippen LogP) is 6.13. The summed E-state index contributed by atoms with van der Waals surface area (Å²) in [5.41, 5.74) is 2.50. The van der Waals surface area contributed by atoms with Gasteiger partial charge in [0.2, 0.25) is 0 Å². The fourth-order valence-electron chi connectivity index (χ4n) is 3.97. The van der Waals surface area contributed by atoms with Crippen molar-refractivity contribution < 1.29 is 0 Å². The minimum atomic E-state index is -0.171. The molecule has 0 bridgehead atoms. The van der Waals surface area contributed by atoms with E-state index in [0.717, 1.165) is 18.0 Å². The van der Waals surface area contributed by atoms with Crippen molar-refractivity contribution in [2.45, 2.75) is 107 Å². The van der Waals surface area contributed by atoms with Crippen LogP contribution in [0, 0.1) is 16.2 Å². The second kappa shape index (κ2) is 7.11. The first-order valence-corrected chi connectivity index (χ1v) is 10.6. The Kier molecular flexibility index (Phi) is 5.80. The van der Waals surface area contributed by atoms with Crippen LogP contribution in [0.25, 0.3) is 0 Å². The Labute approximate surface area is 173 Å². The molecule has 0 spiro atoms. The predicted molar refractivity (Wildman–Crippen MR) is 124 cm³/mol. The molecule has 0 aromatic carbocycles. The molecule has 158 valence electrons. The zero-order valence-corrected chi connectivity index (χ0v) is 20.3. The van der Waals surface area contributed by atoms with E-state index in [9.17, 15) is 0 Å². The van der Waals surface area contributed by atoms with Gasteiger partial charge in [-0.1, -0.05) is 62.3 Å². The SMILES string of the molecule is CC(C)(C)CC(N(C1=NC2=C(C(C)(C)C)C=NC2N=C1)C(C)(C)C)C(C)(C)C. The van der Waals surface area contributed by atoms with Crippen LogP contribution in [0.4, 0.5) is 0 Å². The summed E-state index contributed by atoms with van der Waals surface area (Å²) in [5.74, 6) is 0.968. The molecule has 0 N–H and O–H groups in total. The molecule has 2 aliphatic rings. The molecule has 0 aromatic heterocycles. The monoisotopic (exact) mass is 386 g/mol. The first-order valence-electron chi connectivity index (χ1n) is 10.6. The molecule has 0 fully saturated rings. The highest BCUT2D eigenvalue weighted by Crippen LogP contribution is 2.39. The minimum Gasteiger partial charge on any atom is -0.347 e. The van der Waals surface area contributed by atoms with Crippen LogP contribution < -0.4 is 0 Å². The first kappa shape index (κ1) is 22.8.